The van der Waals surface area contributed by atoms with E-state index in [-0.39, 0.29) is 0 Å². The van der Waals surface area contributed by atoms with Gasteiger partial charge in [0.2, 0.25) is 5.88 Å². The number of nitrogens with zero attached hydrogens (tertiary/aromatic N) is 1. The fourth-order valence-corrected chi connectivity index (χ4v) is 2.26. The second-order valence-corrected chi connectivity index (χ2v) is 4.50. The minimum atomic E-state index is 0.609. The van der Waals surface area contributed by atoms with Crippen molar-refractivity contribution < 1.29 is 4.74 Å². The zero-order valence-electron chi connectivity index (χ0n) is 11.4. The lowest BCUT2D eigenvalue weighted by Crippen LogP contribution is -2.04. The molecule has 0 bridgehead atoms. The summed E-state index contributed by atoms with van der Waals surface area (Å²) in [6, 6.07) is 12.2. The molecule has 2 heterocycles. The number of fused-ring (bicyclic) bond motifs is 1. The minimum absolute atomic E-state index is 0.609. The SMILES string of the molecule is CCOc1ncccc1NCc1cccc2cc[nH]c12. The molecule has 1 aromatic carbocycles. The van der Waals surface area contributed by atoms with Crippen LogP contribution in [-0.2, 0) is 6.54 Å². The summed E-state index contributed by atoms with van der Waals surface area (Å²) in [6.45, 7) is 3.29. The molecule has 2 N–H and O–H groups in total. The third kappa shape index (κ3) is 2.45. The molecule has 0 unspecified atom stereocenters. The number of ether oxygens (including phenoxy) is 1. The summed E-state index contributed by atoms with van der Waals surface area (Å²) in [4.78, 5) is 7.52. The van der Waals surface area contributed by atoms with Crippen LogP contribution in [0, 0.1) is 0 Å². The third-order valence-corrected chi connectivity index (χ3v) is 3.20. The fourth-order valence-electron chi connectivity index (χ4n) is 2.26. The number of pyridine rings is 1. The zero-order chi connectivity index (χ0) is 13.8. The first-order chi connectivity index (χ1) is 9.88. The van der Waals surface area contributed by atoms with E-state index >= 15 is 0 Å². The number of hydrogen-bond donors (Lipinski definition) is 2. The molecule has 3 rings (SSSR count). The molecule has 0 saturated carbocycles. The van der Waals surface area contributed by atoms with E-state index in [0.29, 0.717) is 12.5 Å². The van der Waals surface area contributed by atoms with Crippen molar-refractivity contribution in [2.24, 2.45) is 0 Å². The van der Waals surface area contributed by atoms with Gasteiger partial charge in [-0.05, 0) is 36.1 Å². The van der Waals surface area contributed by atoms with Crippen molar-refractivity contribution in [2.45, 2.75) is 13.5 Å². The first-order valence-corrected chi connectivity index (χ1v) is 6.75. The molecule has 3 aromatic rings. The second-order valence-electron chi connectivity index (χ2n) is 4.50. The Kier molecular flexibility index (Phi) is 3.54. The molecule has 0 spiro atoms. The van der Waals surface area contributed by atoms with Gasteiger partial charge in [0.15, 0.2) is 0 Å². The summed E-state index contributed by atoms with van der Waals surface area (Å²) >= 11 is 0. The van der Waals surface area contributed by atoms with Crippen molar-refractivity contribution >= 4 is 16.6 Å². The summed E-state index contributed by atoms with van der Waals surface area (Å²) in [5.41, 5.74) is 3.30. The first-order valence-electron chi connectivity index (χ1n) is 6.75. The summed E-state index contributed by atoms with van der Waals surface area (Å²) in [5, 5.41) is 4.61. The van der Waals surface area contributed by atoms with Gasteiger partial charge in [0.25, 0.3) is 0 Å². The Morgan fingerprint density at radius 2 is 2.15 bits per heavy atom. The lowest BCUT2D eigenvalue weighted by molar-refractivity contribution is 0.328. The normalized spacial score (nSPS) is 10.7. The number of benzene rings is 1. The molecule has 0 amide bonds. The Morgan fingerprint density at radius 1 is 1.20 bits per heavy atom. The maximum atomic E-state index is 5.52. The standard InChI is InChI=1S/C16H17N3O/c1-2-20-16-14(7-4-9-18-16)19-11-13-6-3-5-12-8-10-17-15(12)13/h3-10,17,19H,2,11H2,1H3. The number of H-pyrrole nitrogens is 1. The van der Waals surface area contributed by atoms with Gasteiger partial charge < -0.3 is 15.0 Å². The number of anilines is 1. The van der Waals surface area contributed by atoms with Crippen molar-refractivity contribution in [3.63, 3.8) is 0 Å². The average molecular weight is 267 g/mol. The van der Waals surface area contributed by atoms with Crippen LogP contribution in [0.4, 0.5) is 5.69 Å². The van der Waals surface area contributed by atoms with Crippen LogP contribution < -0.4 is 10.1 Å². The van der Waals surface area contributed by atoms with Gasteiger partial charge in [-0.2, -0.15) is 0 Å². The number of para-hydroxylation sites is 1. The van der Waals surface area contributed by atoms with E-state index in [1.54, 1.807) is 6.20 Å². The lowest BCUT2D eigenvalue weighted by atomic mass is 10.1. The average Bonchev–Trinajstić information content (AvgIpc) is 2.96. The quantitative estimate of drug-likeness (QED) is 0.743. The maximum absolute atomic E-state index is 5.52. The van der Waals surface area contributed by atoms with Crippen LogP contribution in [-0.4, -0.2) is 16.6 Å². The molecule has 2 aromatic heterocycles. The number of aromatic amines is 1. The molecule has 0 fully saturated rings. The molecule has 4 heteroatoms. The van der Waals surface area contributed by atoms with E-state index in [0.717, 1.165) is 12.2 Å². The van der Waals surface area contributed by atoms with E-state index in [4.69, 9.17) is 4.74 Å². The van der Waals surface area contributed by atoms with Gasteiger partial charge in [-0.25, -0.2) is 4.98 Å². The fraction of sp³-hybridized carbons (Fsp3) is 0.188. The molecule has 0 radical (unpaired) electrons. The van der Waals surface area contributed by atoms with Gasteiger partial charge in [-0.15, -0.1) is 0 Å². The summed E-state index contributed by atoms with van der Waals surface area (Å²) in [6.07, 6.45) is 3.70. The molecule has 0 saturated heterocycles. The molecule has 102 valence electrons. The predicted molar refractivity (Wildman–Crippen MR) is 81.0 cm³/mol. The molecule has 4 nitrogen and oxygen atoms in total. The highest BCUT2D eigenvalue weighted by molar-refractivity contribution is 5.82. The van der Waals surface area contributed by atoms with Crippen LogP contribution in [0.5, 0.6) is 5.88 Å². The lowest BCUT2D eigenvalue weighted by Gasteiger charge is -2.11. The Labute approximate surface area is 117 Å². The van der Waals surface area contributed by atoms with Crippen LogP contribution in [0.2, 0.25) is 0 Å². The van der Waals surface area contributed by atoms with E-state index < -0.39 is 0 Å². The molecule has 0 aliphatic carbocycles. The van der Waals surface area contributed by atoms with Gasteiger partial charge in [0.05, 0.1) is 17.8 Å². The Balaban J connectivity index is 1.81. The number of aromatic nitrogens is 2. The molecule has 0 atom stereocenters. The summed E-state index contributed by atoms with van der Waals surface area (Å²) in [7, 11) is 0. The second kappa shape index (κ2) is 5.65. The van der Waals surface area contributed by atoms with Gasteiger partial charge in [0.1, 0.15) is 0 Å². The monoisotopic (exact) mass is 267 g/mol. The topological polar surface area (TPSA) is 49.9 Å². The number of hydrogen-bond acceptors (Lipinski definition) is 3. The van der Waals surface area contributed by atoms with Crippen LogP contribution >= 0.6 is 0 Å². The van der Waals surface area contributed by atoms with E-state index in [1.807, 2.05) is 25.3 Å². The van der Waals surface area contributed by atoms with Crippen LogP contribution in [0.15, 0.2) is 48.8 Å². The van der Waals surface area contributed by atoms with Crippen molar-refractivity contribution in [2.75, 3.05) is 11.9 Å². The van der Waals surface area contributed by atoms with E-state index in [1.165, 1.54) is 16.5 Å². The highest BCUT2D eigenvalue weighted by atomic mass is 16.5. The van der Waals surface area contributed by atoms with Crippen LogP contribution in [0.3, 0.4) is 0 Å². The third-order valence-electron chi connectivity index (χ3n) is 3.20. The van der Waals surface area contributed by atoms with Gasteiger partial charge in [0, 0.05) is 18.9 Å². The van der Waals surface area contributed by atoms with Crippen LogP contribution in [0.1, 0.15) is 12.5 Å². The number of rotatable bonds is 5. The van der Waals surface area contributed by atoms with Crippen LogP contribution in [0.25, 0.3) is 10.9 Å². The molecular weight excluding hydrogens is 250 g/mol. The number of nitrogens with one attached hydrogen (secondary N) is 2. The van der Waals surface area contributed by atoms with Gasteiger partial charge in [-0.1, -0.05) is 18.2 Å². The van der Waals surface area contributed by atoms with Crippen molar-refractivity contribution in [3.05, 3.63) is 54.4 Å². The zero-order valence-corrected chi connectivity index (χ0v) is 11.4. The highest BCUT2D eigenvalue weighted by Gasteiger charge is 2.05. The predicted octanol–water partition coefficient (Wildman–Crippen LogP) is 3.57. The van der Waals surface area contributed by atoms with Crippen molar-refractivity contribution in [3.8, 4) is 5.88 Å². The molecular formula is C16H17N3O. The van der Waals surface area contributed by atoms with E-state index in [9.17, 15) is 0 Å². The maximum Gasteiger partial charge on any atom is 0.237 e. The minimum Gasteiger partial charge on any atom is -0.476 e. The summed E-state index contributed by atoms with van der Waals surface area (Å²) in [5.74, 6) is 0.647. The van der Waals surface area contributed by atoms with E-state index in [2.05, 4.69) is 39.6 Å². The summed E-state index contributed by atoms with van der Waals surface area (Å²) < 4.78 is 5.52. The highest BCUT2D eigenvalue weighted by Crippen LogP contribution is 2.23. The Hall–Kier alpha value is -2.49. The van der Waals surface area contributed by atoms with Crippen molar-refractivity contribution in [1.82, 2.24) is 9.97 Å². The van der Waals surface area contributed by atoms with Gasteiger partial charge in [-0.3, -0.25) is 0 Å². The van der Waals surface area contributed by atoms with Crippen molar-refractivity contribution in [1.29, 1.82) is 0 Å². The smallest absolute Gasteiger partial charge is 0.237 e. The van der Waals surface area contributed by atoms with Gasteiger partial charge >= 0.3 is 0 Å². The Bertz CT molecular complexity index is 706. The molecule has 20 heavy (non-hydrogen) atoms. The molecule has 0 aliphatic rings. The first kappa shape index (κ1) is 12.5. The molecule has 0 aliphatic heterocycles. The Morgan fingerprint density at radius 3 is 3.05 bits per heavy atom. The largest absolute Gasteiger partial charge is 0.476 e.